The fraction of sp³-hybridized carbons (Fsp3) is 0.444. The van der Waals surface area contributed by atoms with Crippen LogP contribution in [0.3, 0.4) is 0 Å². The molecule has 1 aliphatic heterocycles. The van der Waals surface area contributed by atoms with Crippen molar-refractivity contribution in [2.45, 2.75) is 12.2 Å². The molecule has 1 aromatic heterocycles. The van der Waals surface area contributed by atoms with E-state index in [9.17, 15) is 5.11 Å². The second kappa shape index (κ2) is 3.72. The fourth-order valence-corrected chi connectivity index (χ4v) is 1.35. The molecule has 70 valence electrons. The van der Waals surface area contributed by atoms with Gasteiger partial charge in [0, 0.05) is 25.5 Å². The molecule has 2 atom stereocenters. The van der Waals surface area contributed by atoms with Crippen molar-refractivity contribution in [3.8, 4) is 5.75 Å². The van der Waals surface area contributed by atoms with Gasteiger partial charge in [0.2, 0.25) is 0 Å². The van der Waals surface area contributed by atoms with Crippen molar-refractivity contribution >= 4 is 0 Å². The van der Waals surface area contributed by atoms with Gasteiger partial charge >= 0.3 is 0 Å². The number of aliphatic hydroxyl groups is 1. The van der Waals surface area contributed by atoms with Crippen LogP contribution >= 0.6 is 0 Å². The van der Waals surface area contributed by atoms with E-state index in [4.69, 9.17) is 4.74 Å². The molecule has 0 aliphatic carbocycles. The van der Waals surface area contributed by atoms with Crippen molar-refractivity contribution in [2.75, 3.05) is 13.1 Å². The maximum absolute atomic E-state index is 9.45. The third kappa shape index (κ3) is 1.96. The topological polar surface area (TPSA) is 54.4 Å². The Morgan fingerprint density at radius 3 is 2.77 bits per heavy atom. The summed E-state index contributed by atoms with van der Waals surface area (Å²) in [5.41, 5.74) is 0. The molecule has 1 aliphatic rings. The summed E-state index contributed by atoms with van der Waals surface area (Å²) in [5.74, 6) is 0.753. The average molecular weight is 180 g/mol. The highest BCUT2D eigenvalue weighted by Crippen LogP contribution is 2.13. The number of nitrogens with one attached hydrogen (secondary N) is 1. The summed E-state index contributed by atoms with van der Waals surface area (Å²) < 4.78 is 5.54. The molecule has 0 radical (unpaired) electrons. The Kier molecular flexibility index (Phi) is 2.42. The van der Waals surface area contributed by atoms with Gasteiger partial charge in [0.25, 0.3) is 0 Å². The first-order valence-corrected chi connectivity index (χ1v) is 4.32. The molecule has 13 heavy (non-hydrogen) atoms. The van der Waals surface area contributed by atoms with Crippen molar-refractivity contribution < 1.29 is 9.84 Å². The van der Waals surface area contributed by atoms with Gasteiger partial charge in [0.15, 0.2) is 0 Å². The molecule has 1 aromatic rings. The summed E-state index contributed by atoms with van der Waals surface area (Å²) in [7, 11) is 0. The molecule has 1 saturated heterocycles. The van der Waals surface area contributed by atoms with Gasteiger partial charge in [0.1, 0.15) is 18.0 Å². The van der Waals surface area contributed by atoms with Crippen LogP contribution in [0.5, 0.6) is 5.75 Å². The van der Waals surface area contributed by atoms with E-state index in [0.29, 0.717) is 13.1 Å². The highest BCUT2D eigenvalue weighted by atomic mass is 16.5. The summed E-state index contributed by atoms with van der Waals surface area (Å²) in [6, 6.07) is 3.57. The third-order valence-electron chi connectivity index (χ3n) is 2.07. The summed E-state index contributed by atoms with van der Waals surface area (Å²) in [6.07, 6.45) is 2.80. The van der Waals surface area contributed by atoms with E-state index in [2.05, 4.69) is 10.3 Å². The number of pyridine rings is 1. The minimum absolute atomic E-state index is 0.137. The second-order valence-corrected chi connectivity index (χ2v) is 3.06. The minimum Gasteiger partial charge on any atom is -0.486 e. The molecule has 2 N–H and O–H groups in total. The predicted molar refractivity (Wildman–Crippen MR) is 47.5 cm³/mol. The lowest BCUT2D eigenvalue weighted by atomic mass is 10.2. The first-order chi connectivity index (χ1) is 6.36. The fourth-order valence-electron chi connectivity index (χ4n) is 1.35. The summed E-state index contributed by atoms with van der Waals surface area (Å²) in [4.78, 5) is 3.88. The highest BCUT2D eigenvalue weighted by molar-refractivity contribution is 5.17. The van der Waals surface area contributed by atoms with Crippen LogP contribution in [-0.4, -0.2) is 35.4 Å². The number of aromatic nitrogens is 1. The number of ether oxygens (including phenoxy) is 1. The number of aliphatic hydroxyl groups excluding tert-OH is 1. The molecule has 0 aromatic carbocycles. The molecule has 1 fully saturated rings. The van der Waals surface area contributed by atoms with Crippen LogP contribution in [0, 0.1) is 0 Å². The van der Waals surface area contributed by atoms with Crippen molar-refractivity contribution in [2.24, 2.45) is 0 Å². The molecule has 2 rings (SSSR count). The zero-order valence-electron chi connectivity index (χ0n) is 7.18. The predicted octanol–water partition coefficient (Wildman–Crippen LogP) is -0.207. The van der Waals surface area contributed by atoms with Crippen LogP contribution in [0.1, 0.15) is 0 Å². The van der Waals surface area contributed by atoms with Crippen LogP contribution in [0.2, 0.25) is 0 Å². The summed E-state index contributed by atoms with van der Waals surface area (Å²) >= 11 is 0. The zero-order chi connectivity index (χ0) is 9.10. The monoisotopic (exact) mass is 180 g/mol. The zero-order valence-corrected chi connectivity index (χ0v) is 7.18. The van der Waals surface area contributed by atoms with E-state index < -0.39 is 6.10 Å². The van der Waals surface area contributed by atoms with Crippen molar-refractivity contribution in [1.82, 2.24) is 10.3 Å². The quantitative estimate of drug-likeness (QED) is 0.661. The molecule has 0 bridgehead atoms. The number of nitrogens with zero attached hydrogens (tertiary/aromatic N) is 1. The number of hydrogen-bond acceptors (Lipinski definition) is 4. The number of β-amino-alcohol motifs (C(OH)–C–C–N with tert-alkyl or cyclic N) is 1. The van der Waals surface area contributed by atoms with Crippen LogP contribution in [0.15, 0.2) is 24.5 Å². The van der Waals surface area contributed by atoms with Gasteiger partial charge in [0.05, 0.1) is 0 Å². The Bertz CT molecular complexity index is 266. The molecule has 2 heterocycles. The Labute approximate surface area is 76.6 Å². The van der Waals surface area contributed by atoms with Gasteiger partial charge in [-0.3, -0.25) is 4.98 Å². The lowest BCUT2D eigenvalue weighted by molar-refractivity contribution is 0.0737. The smallest absolute Gasteiger partial charge is 0.138 e. The molecule has 4 nitrogen and oxygen atoms in total. The maximum Gasteiger partial charge on any atom is 0.138 e. The van der Waals surface area contributed by atoms with Gasteiger partial charge < -0.3 is 15.2 Å². The normalized spacial score (nSPS) is 27.5. The number of hydrogen-bond donors (Lipinski definition) is 2. The molecular weight excluding hydrogens is 168 g/mol. The summed E-state index contributed by atoms with van der Waals surface area (Å²) in [5, 5.41) is 12.5. The van der Waals surface area contributed by atoms with E-state index >= 15 is 0 Å². The SMILES string of the molecule is OC1CNC[C@@H]1Oc1ccncc1. The van der Waals surface area contributed by atoms with Gasteiger partial charge in [-0.15, -0.1) is 0 Å². The van der Waals surface area contributed by atoms with Crippen molar-refractivity contribution in [1.29, 1.82) is 0 Å². The largest absolute Gasteiger partial charge is 0.486 e. The van der Waals surface area contributed by atoms with E-state index in [-0.39, 0.29) is 6.10 Å². The molecule has 0 amide bonds. The molecule has 0 saturated carbocycles. The molecule has 4 heteroatoms. The standard InChI is InChI=1S/C9H12N2O2/c12-8-5-11-6-9(8)13-7-1-3-10-4-2-7/h1-4,8-9,11-12H,5-6H2/t8?,9-/m0/s1. The first-order valence-electron chi connectivity index (χ1n) is 4.32. The van der Waals surface area contributed by atoms with Crippen molar-refractivity contribution in [3.63, 3.8) is 0 Å². The van der Waals surface area contributed by atoms with Gasteiger partial charge in [-0.25, -0.2) is 0 Å². The molecule has 1 unspecified atom stereocenters. The van der Waals surface area contributed by atoms with Crippen LogP contribution in [-0.2, 0) is 0 Å². The van der Waals surface area contributed by atoms with Crippen molar-refractivity contribution in [3.05, 3.63) is 24.5 Å². The average Bonchev–Trinajstić information content (AvgIpc) is 2.54. The maximum atomic E-state index is 9.45. The van der Waals surface area contributed by atoms with Crippen LogP contribution in [0.25, 0.3) is 0 Å². The van der Waals surface area contributed by atoms with Gasteiger partial charge in [-0.2, -0.15) is 0 Å². The van der Waals surface area contributed by atoms with Gasteiger partial charge in [-0.05, 0) is 12.1 Å². The number of rotatable bonds is 2. The highest BCUT2D eigenvalue weighted by Gasteiger charge is 2.26. The Balaban J connectivity index is 1.98. The van der Waals surface area contributed by atoms with E-state index in [0.717, 1.165) is 5.75 Å². The van der Waals surface area contributed by atoms with E-state index in [1.807, 2.05) is 0 Å². The van der Waals surface area contributed by atoms with E-state index in [1.54, 1.807) is 24.5 Å². The Morgan fingerprint density at radius 2 is 2.15 bits per heavy atom. The molecular formula is C9H12N2O2. The third-order valence-corrected chi connectivity index (χ3v) is 2.07. The van der Waals surface area contributed by atoms with Crippen LogP contribution < -0.4 is 10.1 Å². The first kappa shape index (κ1) is 8.47. The van der Waals surface area contributed by atoms with E-state index in [1.165, 1.54) is 0 Å². The second-order valence-electron chi connectivity index (χ2n) is 3.06. The Hall–Kier alpha value is -1.13. The van der Waals surface area contributed by atoms with Crippen LogP contribution in [0.4, 0.5) is 0 Å². The Morgan fingerprint density at radius 1 is 1.38 bits per heavy atom. The lowest BCUT2D eigenvalue weighted by Gasteiger charge is -2.15. The van der Waals surface area contributed by atoms with Gasteiger partial charge in [-0.1, -0.05) is 0 Å². The molecule has 0 spiro atoms. The lowest BCUT2D eigenvalue weighted by Crippen LogP contribution is -2.29. The minimum atomic E-state index is -0.409. The summed E-state index contributed by atoms with van der Waals surface area (Å²) in [6.45, 7) is 1.30.